The highest BCUT2D eigenvalue weighted by atomic mass is 35.5. The average Bonchev–Trinajstić information content (AvgIpc) is 1.96. The van der Waals surface area contributed by atoms with E-state index in [0.29, 0.717) is 10.7 Å². The standard InChI is InChI=1S/C9H11ClFN/c1-5(2)7-3-6(11)4-8(10)9(7)12/h3-5H,12H2,1-2H3. The highest BCUT2D eigenvalue weighted by Crippen LogP contribution is 2.29. The van der Waals surface area contributed by atoms with Gasteiger partial charge in [0.2, 0.25) is 0 Å². The third-order valence-electron chi connectivity index (χ3n) is 1.75. The Kier molecular flexibility index (Phi) is 2.58. The van der Waals surface area contributed by atoms with Gasteiger partial charge >= 0.3 is 0 Å². The van der Waals surface area contributed by atoms with Gasteiger partial charge in [0.05, 0.1) is 10.7 Å². The number of halogens is 2. The first-order chi connectivity index (χ1) is 5.52. The van der Waals surface area contributed by atoms with Gasteiger partial charge in [-0.3, -0.25) is 0 Å². The van der Waals surface area contributed by atoms with E-state index in [1.165, 1.54) is 12.1 Å². The normalized spacial score (nSPS) is 10.8. The maximum absolute atomic E-state index is 12.8. The predicted octanol–water partition coefficient (Wildman–Crippen LogP) is 3.18. The van der Waals surface area contributed by atoms with Gasteiger partial charge in [-0.1, -0.05) is 25.4 Å². The first-order valence-electron chi connectivity index (χ1n) is 3.76. The van der Waals surface area contributed by atoms with Gasteiger partial charge in [0, 0.05) is 0 Å². The maximum Gasteiger partial charge on any atom is 0.125 e. The Bertz CT molecular complexity index is 297. The molecule has 0 aromatic heterocycles. The van der Waals surface area contributed by atoms with Crippen LogP contribution in [0.4, 0.5) is 10.1 Å². The predicted molar refractivity (Wildman–Crippen MR) is 49.9 cm³/mol. The Morgan fingerprint density at radius 3 is 2.50 bits per heavy atom. The van der Waals surface area contributed by atoms with Crippen molar-refractivity contribution in [3.05, 3.63) is 28.5 Å². The van der Waals surface area contributed by atoms with Crippen LogP contribution in [-0.2, 0) is 0 Å². The van der Waals surface area contributed by atoms with Crippen LogP contribution < -0.4 is 5.73 Å². The number of anilines is 1. The molecule has 0 fully saturated rings. The fourth-order valence-corrected chi connectivity index (χ4v) is 1.30. The molecule has 0 saturated heterocycles. The summed E-state index contributed by atoms with van der Waals surface area (Å²) in [4.78, 5) is 0. The molecule has 2 N–H and O–H groups in total. The van der Waals surface area contributed by atoms with Crippen LogP contribution in [0.15, 0.2) is 12.1 Å². The van der Waals surface area contributed by atoms with Gasteiger partial charge in [-0.15, -0.1) is 0 Å². The molecule has 0 bridgehead atoms. The summed E-state index contributed by atoms with van der Waals surface area (Å²) in [6.45, 7) is 3.89. The van der Waals surface area contributed by atoms with Gasteiger partial charge < -0.3 is 5.73 Å². The van der Waals surface area contributed by atoms with E-state index in [0.717, 1.165) is 5.56 Å². The molecule has 3 heteroatoms. The SMILES string of the molecule is CC(C)c1cc(F)cc(Cl)c1N. The molecule has 0 spiro atoms. The molecule has 0 aliphatic carbocycles. The molecule has 0 radical (unpaired) electrons. The van der Waals surface area contributed by atoms with Crippen molar-refractivity contribution in [2.45, 2.75) is 19.8 Å². The van der Waals surface area contributed by atoms with Crippen LogP contribution in [0.5, 0.6) is 0 Å². The average molecular weight is 188 g/mol. The van der Waals surface area contributed by atoms with E-state index in [-0.39, 0.29) is 11.7 Å². The lowest BCUT2D eigenvalue weighted by Crippen LogP contribution is -1.98. The molecule has 0 saturated carbocycles. The second-order valence-corrected chi connectivity index (χ2v) is 3.45. The molecule has 66 valence electrons. The van der Waals surface area contributed by atoms with Gasteiger partial charge in [-0.25, -0.2) is 4.39 Å². The van der Waals surface area contributed by atoms with Crippen LogP contribution in [0.25, 0.3) is 0 Å². The van der Waals surface area contributed by atoms with Crippen molar-refractivity contribution in [1.29, 1.82) is 0 Å². The third-order valence-corrected chi connectivity index (χ3v) is 2.06. The zero-order chi connectivity index (χ0) is 9.30. The van der Waals surface area contributed by atoms with Crippen molar-refractivity contribution in [1.82, 2.24) is 0 Å². The van der Waals surface area contributed by atoms with Crippen LogP contribution in [0.1, 0.15) is 25.3 Å². The zero-order valence-electron chi connectivity index (χ0n) is 7.07. The Hall–Kier alpha value is -0.760. The molecule has 0 aliphatic rings. The van der Waals surface area contributed by atoms with E-state index >= 15 is 0 Å². The molecule has 0 atom stereocenters. The van der Waals surface area contributed by atoms with Crippen molar-refractivity contribution in [3.8, 4) is 0 Å². The molecule has 12 heavy (non-hydrogen) atoms. The third kappa shape index (κ3) is 1.69. The summed E-state index contributed by atoms with van der Waals surface area (Å²) in [6, 6.07) is 2.65. The van der Waals surface area contributed by atoms with Crippen molar-refractivity contribution >= 4 is 17.3 Å². The molecule has 1 rings (SSSR count). The molecule has 0 aliphatic heterocycles. The quantitative estimate of drug-likeness (QED) is 0.672. The summed E-state index contributed by atoms with van der Waals surface area (Å²) in [5, 5.41) is 0.290. The Balaban J connectivity index is 3.28. The summed E-state index contributed by atoms with van der Waals surface area (Å²) in [6.07, 6.45) is 0. The zero-order valence-corrected chi connectivity index (χ0v) is 7.82. The number of nitrogens with two attached hydrogens (primary N) is 1. The molecular formula is C9H11ClFN. The van der Waals surface area contributed by atoms with Crippen LogP contribution in [0.3, 0.4) is 0 Å². The second kappa shape index (κ2) is 3.31. The van der Waals surface area contributed by atoms with Gasteiger partial charge in [-0.05, 0) is 23.6 Å². The molecule has 0 unspecified atom stereocenters. The van der Waals surface area contributed by atoms with E-state index in [1.54, 1.807) is 0 Å². The summed E-state index contributed by atoms with van der Waals surface area (Å²) in [5.74, 6) is -0.142. The van der Waals surface area contributed by atoms with E-state index in [9.17, 15) is 4.39 Å². The van der Waals surface area contributed by atoms with Crippen molar-refractivity contribution in [2.24, 2.45) is 0 Å². The molecule has 1 aromatic carbocycles. The minimum atomic E-state index is -0.335. The number of benzene rings is 1. The molecular weight excluding hydrogens is 177 g/mol. The molecule has 0 amide bonds. The fraction of sp³-hybridized carbons (Fsp3) is 0.333. The number of nitrogen functional groups attached to an aromatic ring is 1. The monoisotopic (exact) mass is 187 g/mol. The fourth-order valence-electron chi connectivity index (χ4n) is 1.08. The molecule has 0 heterocycles. The summed E-state index contributed by atoms with van der Waals surface area (Å²) < 4.78 is 12.8. The largest absolute Gasteiger partial charge is 0.397 e. The highest BCUT2D eigenvalue weighted by molar-refractivity contribution is 6.33. The van der Waals surface area contributed by atoms with Crippen molar-refractivity contribution in [3.63, 3.8) is 0 Å². The summed E-state index contributed by atoms with van der Waals surface area (Å²) in [5.41, 5.74) is 6.90. The van der Waals surface area contributed by atoms with Gasteiger partial charge in [-0.2, -0.15) is 0 Å². The lowest BCUT2D eigenvalue weighted by molar-refractivity contribution is 0.624. The van der Waals surface area contributed by atoms with Crippen LogP contribution in [-0.4, -0.2) is 0 Å². The van der Waals surface area contributed by atoms with Gasteiger partial charge in [0.15, 0.2) is 0 Å². The van der Waals surface area contributed by atoms with Gasteiger partial charge in [0.25, 0.3) is 0 Å². The molecule has 1 aromatic rings. The number of rotatable bonds is 1. The Morgan fingerprint density at radius 1 is 1.42 bits per heavy atom. The Morgan fingerprint density at radius 2 is 2.00 bits per heavy atom. The molecule has 1 nitrogen and oxygen atoms in total. The van der Waals surface area contributed by atoms with Gasteiger partial charge in [0.1, 0.15) is 5.82 Å². The first-order valence-corrected chi connectivity index (χ1v) is 4.14. The van der Waals surface area contributed by atoms with Crippen LogP contribution in [0, 0.1) is 5.82 Å². The topological polar surface area (TPSA) is 26.0 Å². The lowest BCUT2D eigenvalue weighted by atomic mass is 10.0. The number of hydrogen-bond donors (Lipinski definition) is 1. The van der Waals surface area contributed by atoms with Crippen molar-refractivity contribution in [2.75, 3.05) is 5.73 Å². The van der Waals surface area contributed by atoms with E-state index in [1.807, 2.05) is 13.8 Å². The van der Waals surface area contributed by atoms with E-state index in [4.69, 9.17) is 17.3 Å². The van der Waals surface area contributed by atoms with Crippen LogP contribution in [0.2, 0.25) is 5.02 Å². The Labute approximate surface area is 76.3 Å². The highest BCUT2D eigenvalue weighted by Gasteiger charge is 2.09. The van der Waals surface area contributed by atoms with E-state index in [2.05, 4.69) is 0 Å². The van der Waals surface area contributed by atoms with Crippen molar-refractivity contribution < 1.29 is 4.39 Å². The second-order valence-electron chi connectivity index (χ2n) is 3.05. The smallest absolute Gasteiger partial charge is 0.125 e. The minimum absolute atomic E-state index is 0.193. The van der Waals surface area contributed by atoms with E-state index < -0.39 is 0 Å². The number of hydrogen-bond acceptors (Lipinski definition) is 1. The minimum Gasteiger partial charge on any atom is -0.397 e. The summed E-state index contributed by atoms with van der Waals surface area (Å²) >= 11 is 5.70. The first kappa shape index (κ1) is 9.33. The summed E-state index contributed by atoms with van der Waals surface area (Å²) in [7, 11) is 0. The van der Waals surface area contributed by atoms with Crippen LogP contribution >= 0.6 is 11.6 Å². The maximum atomic E-state index is 12.8. The lowest BCUT2D eigenvalue weighted by Gasteiger charge is -2.10.